The van der Waals surface area contributed by atoms with Crippen LogP contribution in [0.4, 0.5) is 21.9 Å². The van der Waals surface area contributed by atoms with Crippen LogP contribution < -0.4 is 15.4 Å². The van der Waals surface area contributed by atoms with Gasteiger partial charge in [-0.15, -0.1) is 0 Å². The minimum absolute atomic E-state index is 0.206. The number of nitrogens with one attached hydrogen (secondary N) is 2. The van der Waals surface area contributed by atoms with E-state index in [1.807, 2.05) is 84.9 Å². The van der Waals surface area contributed by atoms with Gasteiger partial charge in [0, 0.05) is 17.1 Å². The molecule has 0 radical (unpaired) electrons. The Hall–Kier alpha value is -3.73. The van der Waals surface area contributed by atoms with Crippen LogP contribution in [0.25, 0.3) is 6.08 Å². The molecule has 0 aromatic heterocycles. The molecule has 5 nitrogen and oxygen atoms in total. The van der Waals surface area contributed by atoms with Gasteiger partial charge in [-0.05, 0) is 60.2 Å². The molecule has 0 aliphatic heterocycles. The van der Waals surface area contributed by atoms with Crippen LogP contribution in [-0.2, 0) is 4.74 Å². The number of anilines is 3. The SMILES string of the molecule is COc1ccc(Nc2ccc(NC(=O)OCC=Cc3ccccc3)cc2)cc1. The highest BCUT2D eigenvalue weighted by molar-refractivity contribution is 5.85. The summed E-state index contributed by atoms with van der Waals surface area (Å²) < 4.78 is 10.3. The van der Waals surface area contributed by atoms with Crippen LogP contribution in [0.2, 0.25) is 0 Å². The molecule has 0 aliphatic rings. The Kier molecular flexibility index (Phi) is 6.68. The van der Waals surface area contributed by atoms with Gasteiger partial charge < -0.3 is 14.8 Å². The number of rotatable bonds is 7. The lowest BCUT2D eigenvalue weighted by Gasteiger charge is -2.09. The van der Waals surface area contributed by atoms with Crippen molar-refractivity contribution in [1.82, 2.24) is 0 Å². The summed E-state index contributed by atoms with van der Waals surface area (Å²) in [5.74, 6) is 0.808. The lowest BCUT2D eigenvalue weighted by atomic mass is 10.2. The Morgan fingerprint density at radius 1 is 0.857 bits per heavy atom. The van der Waals surface area contributed by atoms with E-state index in [-0.39, 0.29) is 6.61 Å². The van der Waals surface area contributed by atoms with Crippen LogP contribution >= 0.6 is 0 Å². The monoisotopic (exact) mass is 374 g/mol. The molecular weight excluding hydrogens is 352 g/mol. The van der Waals surface area contributed by atoms with Crippen molar-refractivity contribution >= 4 is 29.2 Å². The van der Waals surface area contributed by atoms with E-state index in [1.165, 1.54) is 0 Å². The Morgan fingerprint density at radius 3 is 2.11 bits per heavy atom. The van der Waals surface area contributed by atoms with Crippen molar-refractivity contribution in [2.75, 3.05) is 24.4 Å². The van der Waals surface area contributed by atoms with Crippen LogP contribution in [-0.4, -0.2) is 19.8 Å². The van der Waals surface area contributed by atoms with Gasteiger partial charge in [-0.3, -0.25) is 5.32 Å². The summed E-state index contributed by atoms with van der Waals surface area (Å²) in [6.45, 7) is 0.206. The van der Waals surface area contributed by atoms with Crippen molar-refractivity contribution in [2.45, 2.75) is 0 Å². The molecule has 2 N–H and O–H groups in total. The molecule has 0 saturated carbocycles. The van der Waals surface area contributed by atoms with Crippen molar-refractivity contribution < 1.29 is 14.3 Å². The predicted molar refractivity (Wildman–Crippen MR) is 113 cm³/mol. The Balaban J connectivity index is 1.45. The summed E-state index contributed by atoms with van der Waals surface area (Å²) in [6, 6.07) is 24.9. The van der Waals surface area contributed by atoms with Crippen LogP contribution in [0, 0.1) is 0 Å². The average Bonchev–Trinajstić information content (AvgIpc) is 2.74. The second-order valence-corrected chi connectivity index (χ2v) is 5.97. The summed E-state index contributed by atoms with van der Waals surface area (Å²) in [5, 5.41) is 5.99. The van der Waals surface area contributed by atoms with Gasteiger partial charge in [-0.25, -0.2) is 4.79 Å². The fourth-order valence-corrected chi connectivity index (χ4v) is 2.50. The zero-order chi connectivity index (χ0) is 19.6. The molecule has 0 bridgehead atoms. The minimum atomic E-state index is -0.492. The number of methoxy groups -OCH3 is 1. The predicted octanol–water partition coefficient (Wildman–Crippen LogP) is 5.70. The maximum absolute atomic E-state index is 11.9. The van der Waals surface area contributed by atoms with Gasteiger partial charge >= 0.3 is 6.09 Å². The minimum Gasteiger partial charge on any atom is -0.497 e. The third-order valence-electron chi connectivity index (χ3n) is 3.93. The molecular formula is C23H22N2O3. The molecule has 3 aromatic rings. The molecule has 0 unspecified atom stereocenters. The third-order valence-corrected chi connectivity index (χ3v) is 3.93. The molecule has 28 heavy (non-hydrogen) atoms. The molecule has 3 aromatic carbocycles. The average molecular weight is 374 g/mol. The normalized spacial score (nSPS) is 10.5. The topological polar surface area (TPSA) is 59.6 Å². The number of benzene rings is 3. The first kappa shape index (κ1) is 19.0. The quantitative estimate of drug-likeness (QED) is 0.557. The summed E-state index contributed by atoms with van der Waals surface area (Å²) in [4.78, 5) is 11.9. The summed E-state index contributed by atoms with van der Waals surface area (Å²) >= 11 is 0. The van der Waals surface area contributed by atoms with Crippen molar-refractivity contribution in [1.29, 1.82) is 0 Å². The van der Waals surface area contributed by atoms with Crippen molar-refractivity contribution in [2.24, 2.45) is 0 Å². The first-order valence-electron chi connectivity index (χ1n) is 8.89. The van der Waals surface area contributed by atoms with E-state index in [1.54, 1.807) is 13.2 Å². The molecule has 142 valence electrons. The van der Waals surface area contributed by atoms with Gasteiger partial charge in [-0.2, -0.15) is 0 Å². The van der Waals surface area contributed by atoms with Gasteiger partial charge in [0.25, 0.3) is 0 Å². The Morgan fingerprint density at radius 2 is 1.46 bits per heavy atom. The highest BCUT2D eigenvalue weighted by Crippen LogP contribution is 2.21. The lowest BCUT2D eigenvalue weighted by molar-refractivity contribution is 0.174. The van der Waals surface area contributed by atoms with E-state index in [2.05, 4.69) is 10.6 Å². The molecule has 0 heterocycles. The first-order valence-corrected chi connectivity index (χ1v) is 8.89. The number of hydrogen-bond acceptors (Lipinski definition) is 4. The van der Waals surface area contributed by atoms with Crippen LogP contribution in [0.1, 0.15) is 5.56 Å². The summed E-state index contributed by atoms with van der Waals surface area (Å²) in [5.41, 5.74) is 3.59. The highest BCUT2D eigenvalue weighted by atomic mass is 16.5. The summed E-state index contributed by atoms with van der Waals surface area (Å²) in [7, 11) is 1.64. The van der Waals surface area contributed by atoms with E-state index in [0.29, 0.717) is 5.69 Å². The second-order valence-electron chi connectivity index (χ2n) is 5.97. The lowest BCUT2D eigenvalue weighted by Crippen LogP contribution is -2.13. The molecule has 1 amide bonds. The van der Waals surface area contributed by atoms with Gasteiger partial charge in [-0.1, -0.05) is 36.4 Å². The third kappa shape index (κ3) is 5.92. The highest BCUT2D eigenvalue weighted by Gasteiger charge is 2.02. The number of hydrogen-bond donors (Lipinski definition) is 2. The van der Waals surface area contributed by atoms with Crippen LogP contribution in [0.15, 0.2) is 84.9 Å². The van der Waals surface area contributed by atoms with Crippen molar-refractivity contribution in [3.05, 3.63) is 90.5 Å². The molecule has 0 saturated heterocycles. The van der Waals surface area contributed by atoms with E-state index in [9.17, 15) is 4.79 Å². The molecule has 5 heteroatoms. The van der Waals surface area contributed by atoms with Crippen LogP contribution in [0.5, 0.6) is 5.75 Å². The molecule has 0 fully saturated rings. The zero-order valence-corrected chi connectivity index (χ0v) is 15.6. The number of carbonyl (C=O) groups is 1. The maximum Gasteiger partial charge on any atom is 0.411 e. The van der Waals surface area contributed by atoms with E-state index in [4.69, 9.17) is 9.47 Å². The maximum atomic E-state index is 11.9. The van der Waals surface area contributed by atoms with E-state index >= 15 is 0 Å². The van der Waals surface area contributed by atoms with E-state index in [0.717, 1.165) is 22.7 Å². The van der Waals surface area contributed by atoms with E-state index < -0.39 is 6.09 Å². The fourth-order valence-electron chi connectivity index (χ4n) is 2.50. The molecule has 0 spiro atoms. The van der Waals surface area contributed by atoms with Gasteiger partial charge in [0.15, 0.2) is 0 Å². The van der Waals surface area contributed by atoms with Gasteiger partial charge in [0.05, 0.1) is 7.11 Å². The first-order chi connectivity index (χ1) is 13.7. The fraction of sp³-hybridized carbons (Fsp3) is 0.0870. The smallest absolute Gasteiger partial charge is 0.411 e. The molecule has 0 aliphatic carbocycles. The van der Waals surface area contributed by atoms with Crippen molar-refractivity contribution in [3.63, 3.8) is 0 Å². The van der Waals surface area contributed by atoms with Crippen molar-refractivity contribution in [3.8, 4) is 5.75 Å². The Bertz CT molecular complexity index is 905. The molecule has 3 rings (SSSR count). The summed E-state index contributed by atoms with van der Waals surface area (Å²) in [6.07, 6.45) is 3.22. The second kappa shape index (κ2) is 9.83. The number of amides is 1. The molecule has 0 atom stereocenters. The van der Waals surface area contributed by atoms with Gasteiger partial charge in [0.1, 0.15) is 12.4 Å². The Labute approximate surface area is 164 Å². The van der Waals surface area contributed by atoms with Gasteiger partial charge in [0.2, 0.25) is 0 Å². The largest absolute Gasteiger partial charge is 0.497 e. The number of carbonyl (C=O) groups excluding carboxylic acids is 1. The van der Waals surface area contributed by atoms with Crippen LogP contribution in [0.3, 0.4) is 0 Å². The standard InChI is InChI=1S/C23H22N2O3/c1-27-22-15-13-20(14-16-22)24-19-9-11-21(12-10-19)25-23(26)28-17-5-8-18-6-3-2-4-7-18/h2-16,24H,17H2,1H3,(H,25,26). The zero-order valence-electron chi connectivity index (χ0n) is 15.6. The number of ether oxygens (including phenoxy) is 2.